The molecule has 0 saturated heterocycles. The van der Waals surface area contributed by atoms with E-state index in [1.807, 2.05) is 59.8 Å². The molecule has 0 saturated carbocycles. The van der Waals surface area contributed by atoms with E-state index in [-0.39, 0.29) is 30.2 Å². The predicted octanol–water partition coefficient (Wildman–Crippen LogP) is 3.75. The largest absolute Gasteiger partial charge is 0.482 e. The number of benzene rings is 2. The van der Waals surface area contributed by atoms with Crippen LogP contribution in [0, 0.1) is 0 Å². The number of carbonyl (C=O) groups excluding carboxylic acids is 2. The number of anilines is 2. The van der Waals surface area contributed by atoms with Gasteiger partial charge in [-0.25, -0.2) is 0 Å². The number of nitrogens with zero attached hydrogens (tertiary/aromatic N) is 5. The summed E-state index contributed by atoms with van der Waals surface area (Å²) in [5, 5.41) is 9.28. The number of ether oxygens (including phenoxy) is 1. The van der Waals surface area contributed by atoms with E-state index in [0.717, 1.165) is 16.6 Å². The van der Waals surface area contributed by atoms with Crippen molar-refractivity contribution in [3.63, 3.8) is 0 Å². The molecule has 8 nitrogen and oxygen atoms in total. The number of carbonyl (C=O) groups is 2. The van der Waals surface area contributed by atoms with Crippen LogP contribution in [0.2, 0.25) is 0 Å². The molecule has 10 heteroatoms. The van der Waals surface area contributed by atoms with Crippen molar-refractivity contribution in [3.05, 3.63) is 58.3 Å². The van der Waals surface area contributed by atoms with Crippen LogP contribution in [0.4, 0.5) is 11.4 Å². The molecule has 1 aromatic heterocycles. The van der Waals surface area contributed by atoms with Crippen LogP contribution in [0.3, 0.4) is 0 Å². The third-order valence-corrected chi connectivity index (χ3v) is 7.44. The van der Waals surface area contributed by atoms with E-state index in [4.69, 9.17) is 4.74 Å². The van der Waals surface area contributed by atoms with Crippen molar-refractivity contribution in [3.8, 4) is 5.75 Å². The summed E-state index contributed by atoms with van der Waals surface area (Å²) in [6, 6.07) is 13.1. The first kappa shape index (κ1) is 22.0. The van der Waals surface area contributed by atoms with Crippen LogP contribution in [0.1, 0.15) is 24.4 Å². The lowest BCUT2D eigenvalue weighted by Crippen LogP contribution is -2.41. The summed E-state index contributed by atoms with van der Waals surface area (Å²) in [5.74, 6) is 1.48. The molecule has 2 aliphatic heterocycles. The lowest BCUT2D eigenvalue weighted by atomic mass is 10.1. The fourth-order valence-electron chi connectivity index (χ4n) is 4.31. The van der Waals surface area contributed by atoms with Crippen LogP contribution in [0.15, 0.2) is 52.1 Å². The van der Waals surface area contributed by atoms with Gasteiger partial charge in [-0.15, -0.1) is 10.2 Å². The van der Waals surface area contributed by atoms with E-state index >= 15 is 0 Å². The Morgan fingerprint density at radius 2 is 2.03 bits per heavy atom. The maximum absolute atomic E-state index is 12.9. The first-order chi connectivity index (χ1) is 15.9. The molecule has 0 spiro atoms. The molecule has 0 bridgehead atoms. The molecule has 0 unspecified atom stereocenters. The molecular formula is C23H22BrN5O3S. The number of aromatic nitrogens is 3. The molecule has 2 amide bonds. The SMILES string of the molecule is C[C@H](c1nnc(SCC(=O)N2CCc3cc(Br)ccc32)n1C)N1C(=O)COc2ccccc21. The van der Waals surface area contributed by atoms with Gasteiger partial charge in [-0.2, -0.15) is 0 Å². The van der Waals surface area contributed by atoms with Crippen molar-refractivity contribution in [2.24, 2.45) is 7.05 Å². The Hall–Kier alpha value is -2.85. The Morgan fingerprint density at radius 3 is 2.88 bits per heavy atom. The third kappa shape index (κ3) is 4.02. The second kappa shape index (κ2) is 8.83. The van der Waals surface area contributed by atoms with Crippen LogP contribution < -0.4 is 14.5 Å². The van der Waals surface area contributed by atoms with Crippen LogP contribution in [0.25, 0.3) is 0 Å². The molecule has 2 aromatic carbocycles. The average Bonchev–Trinajstić information content (AvgIpc) is 3.40. The van der Waals surface area contributed by atoms with Crippen molar-refractivity contribution in [2.45, 2.75) is 24.5 Å². The summed E-state index contributed by atoms with van der Waals surface area (Å²) in [5.41, 5.74) is 2.86. The fourth-order valence-corrected chi connectivity index (χ4v) is 5.51. The molecule has 1 atom stereocenters. The second-order valence-electron chi connectivity index (χ2n) is 7.95. The standard InChI is InChI=1S/C23H22BrN5O3S/c1-14(29-18-5-3-4-6-19(18)32-12-20(29)30)22-25-26-23(27(22)2)33-13-21(31)28-10-9-15-11-16(24)7-8-17(15)28/h3-8,11,14H,9-10,12-13H2,1-2H3/t14-/m1/s1. The average molecular weight is 528 g/mol. The highest BCUT2D eigenvalue weighted by Crippen LogP contribution is 2.37. The van der Waals surface area contributed by atoms with Crippen LogP contribution in [0.5, 0.6) is 5.75 Å². The van der Waals surface area contributed by atoms with E-state index in [1.165, 1.54) is 17.3 Å². The summed E-state index contributed by atoms with van der Waals surface area (Å²) in [6.07, 6.45) is 0.853. The lowest BCUT2D eigenvalue weighted by Gasteiger charge is -2.33. The highest BCUT2D eigenvalue weighted by Gasteiger charge is 2.33. The van der Waals surface area contributed by atoms with Crippen molar-refractivity contribution in [1.29, 1.82) is 0 Å². The van der Waals surface area contributed by atoms with Gasteiger partial charge in [-0.1, -0.05) is 39.8 Å². The fraction of sp³-hybridized carbons (Fsp3) is 0.304. The summed E-state index contributed by atoms with van der Waals surface area (Å²) in [4.78, 5) is 29.1. The first-order valence-electron chi connectivity index (χ1n) is 10.6. The number of fused-ring (bicyclic) bond motifs is 2. The summed E-state index contributed by atoms with van der Waals surface area (Å²) in [7, 11) is 1.86. The Balaban J connectivity index is 1.30. The highest BCUT2D eigenvalue weighted by atomic mass is 79.9. The van der Waals surface area contributed by atoms with Gasteiger partial charge >= 0.3 is 0 Å². The third-order valence-electron chi connectivity index (χ3n) is 5.94. The topological polar surface area (TPSA) is 80.6 Å². The van der Waals surface area contributed by atoms with Crippen molar-refractivity contribution < 1.29 is 14.3 Å². The summed E-state index contributed by atoms with van der Waals surface area (Å²) >= 11 is 4.84. The highest BCUT2D eigenvalue weighted by molar-refractivity contribution is 9.10. The number of halogens is 1. The molecule has 0 fully saturated rings. The minimum absolute atomic E-state index is 0.0107. The van der Waals surface area contributed by atoms with E-state index in [1.54, 1.807) is 4.90 Å². The first-order valence-corrected chi connectivity index (χ1v) is 12.4. The summed E-state index contributed by atoms with van der Waals surface area (Å²) < 4.78 is 8.42. The van der Waals surface area contributed by atoms with Gasteiger partial charge in [-0.05, 0) is 49.2 Å². The molecular weight excluding hydrogens is 506 g/mol. The molecule has 3 aromatic rings. The van der Waals surface area contributed by atoms with Crippen LogP contribution >= 0.6 is 27.7 Å². The molecule has 0 radical (unpaired) electrons. The van der Waals surface area contributed by atoms with Gasteiger partial charge in [-0.3, -0.25) is 14.5 Å². The van der Waals surface area contributed by atoms with Crippen LogP contribution in [-0.2, 0) is 23.1 Å². The van der Waals surface area contributed by atoms with Gasteiger partial charge in [0.25, 0.3) is 5.91 Å². The number of rotatable bonds is 5. The molecule has 0 N–H and O–H groups in total. The molecule has 2 aliphatic rings. The Labute approximate surface area is 204 Å². The molecule has 170 valence electrons. The zero-order valence-corrected chi connectivity index (χ0v) is 20.6. The number of amides is 2. The Morgan fingerprint density at radius 1 is 1.21 bits per heavy atom. The Kier molecular flexibility index (Phi) is 5.88. The predicted molar refractivity (Wildman–Crippen MR) is 130 cm³/mol. The number of thioether (sulfide) groups is 1. The zero-order chi connectivity index (χ0) is 23.1. The van der Waals surface area contributed by atoms with Crippen molar-refractivity contribution >= 4 is 50.9 Å². The number of hydrogen-bond acceptors (Lipinski definition) is 6. The minimum Gasteiger partial charge on any atom is -0.482 e. The van der Waals surface area contributed by atoms with Crippen LogP contribution in [-0.4, -0.2) is 45.5 Å². The lowest BCUT2D eigenvalue weighted by molar-refractivity contribution is -0.121. The quantitative estimate of drug-likeness (QED) is 0.470. The van der Waals surface area contributed by atoms with Gasteiger partial charge < -0.3 is 14.2 Å². The maximum Gasteiger partial charge on any atom is 0.265 e. The second-order valence-corrected chi connectivity index (χ2v) is 9.81. The number of hydrogen-bond donors (Lipinski definition) is 0. The molecule has 3 heterocycles. The summed E-state index contributed by atoms with van der Waals surface area (Å²) in [6.45, 7) is 2.59. The normalized spacial score (nSPS) is 15.8. The van der Waals surface area contributed by atoms with Gasteiger partial charge in [0.2, 0.25) is 5.91 Å². The van der Waals surface area contributed by atoms with Gasteiger partial charge in [0.1, 0.15) is 5.75 Å². The molecule has 33 heavy (non-hydrogen) atoms. The van der Waals surface area contributed by atoms with E-state index in [2.05, 4.69) is 32.2 Å². The molecule has 0 aliphatic carbocycles. The maximum atomic E-state index is 12.9. The van der Waals surface area contributed by atoms with Crippen molar-refractivity contribution in [2.75, 3.05) is 28.7 Å². The molecule has 5 rings (SSSR count). The van der Waals surface area contributed by atoms with E-state index in [0.29, 0.717) is 29.0 Å². The zero-order valence-electron chi connectivity index (χ0n) is 18.2. The number of para-hydroxylation sites is 2. The van der Waals surface area contributed by atoms with Gasteiger partial charge in [0, 0.05) is 23.8 Å². The van der Waals surface area contributed by atoms with Crippen molar-refractivity contribution in [1.82, 2.24) is 14.8 Å². The van der Waals surface area contributed by atoms with E-state index < -0.39 is 0 Å². The minimum atomic E-state index is -0.339. The van der Waals surface area contributed by atoms with Gasteiger partial charge in [0.15, 0.2) is 17.6 Å². The monoisotopic (exact) mass is 527 g/mol. The smallest absolute Gasteiger partial charge is 0.265 e. The van der Waals surface area contributed by atoms with E-state index in [9.17, 15) is 9.59 Å². The Bertz CT molecular complexity index is 1250. The van der Waals surface area contributed by atoms with Gasteiger partial charge in [0.05, 0.1) is 17.5 Å².